The molecule has 0 amide bonds. The normalized spacial score (nSPS) is 11.9. The van der Waals surface area contributed by atoms with Gasteiger partial charge in [-0.3, -0.25) is 0 Å². The van der Waals surface area contributed by atoms with Crippen molar-refractivity contribution in [3.63, 3.8) is 0 Å². The van der Waals surface area contributed by atoms with Gasteiger partial charge in [0.2, 0.25) is 10.0 Å². The summed E-state index contributed by atoms with van der Waals surface area (Å²) in [6.45, 7) is 1.67. The Kier molecular flexibility index (Phi) is 3.72. The number of thiazole rings is 1. The molecule has 0 fully saturated rings. The average Bonchev–Trinajstić information content (AvgIpc) is 3.20. The van der Waals surface area contributed by atoms with Crippen LogP contribution in [0, 0.1) is 6.92 Å². The molecule has 0 atom stereocenters. The van der Waals surface area contributed by atoms with Crippen molar-refractivity contribution >= 4 is 36.7 Å². The zero-order valence-corrected chi connectivity index (χ0v) is 15.1. The zero-order chi connectivity index (χ0) is 18.5. The van der Waals surface area contributed by atoms with Crippen molar-refractivity contribution < 1.29 is 8.42 Å². The highest BCUT2D eigenvalue weighted by Gasteiger charge is 2.24. The number of tetrazole rings is 1. The number of nitrogens with one attached hydrogen (secondary N) is 1. The van der Waals surface area contributed by atoms with E-state index < -0.39 is 10.0 Å². The van der Waals surface area contributed by atoms with E-state index in [-0.39, 0.29) is 10.7 Å². The van der Waals surface area contributed by atoms with Crippen molar-refractivity contribution in [2.75, 3.05) is 5.73 Å². The first kappa shape index (κ1) is 16.6. The van der Waals surface area contributed by atoms with Gasteiger partial charge >= 0.3 is 0 Å². The van der Waals surface area contributed by atoms with Gasteiger partial charge in [0, 0.05) is 5.56 Å². The van der Waals surface area contributed by atoms with E-state index in [2.05, 4.69) is 25.6 Å². The fourth-order valence-corrected chi connectivity index (χ4v) is 4.63. The average molecular weight is 387 g/mol. The van der Waals surface area contributed by atoms with Crippen LogP contribution in [0.15, 0.2) is 35.2 Å². The smallest absolute Gasteiger partial charge is 0.239 e. The van der Waals surface area contributed by atoms with Crippen LogP contribution < -0.4 is 10.9 Å². The summed E-state index contributed by atoms with van der Waals surface area (Å²) in [4.78, 5) is 4.26. The number of H-pyrrole nitrogens is 1. The van der Waals surface area contributed by atoms with E-state index in [0.717, 1.165) is 15.8 Å². The van der Waals surface area contributed by atoms with Crippen molar-refractivity contribution in [2.24, 2.45) is 5.14 Å². The number of anilines is 1. The largest absolute Gasteiger partial charge is 0.375 e. The van der Waals surface area contributed by atoms with Crippen LogP contribution in [0.5, 0.6) is 0 Å². The second-order valence-electron chi connectivity index (χ2n) is 5.66. The third-order valence-electron chi connectivity index (χ3n) is 3.94. The molecule has 4 rings (SSSR count). The molecule has 0 aliphatic rings. The number of hydrogen-bond donors (Lipinski definition) is 3. The van der Waals surface area contributed by atoms with Crippen LogP contribution in [-0.2, 0) is 10.0 Å². The summed E-state index contributed by atoms with van der Waals surface area (Å²) in [5, 5.41) is 19.5. The van der Waals surface area contributed by atoms with Crippen molar-refractivity contribution in [1.29, 1.82) is 0 Å². The number of hydrogen-bond acceptors (Lipinski definition) is 8. The van der Waals surface area contributed by atoms with Gasteiger partial charge in [0.05, 0.1) is 15.1 Å². The monoisotopic (exact) mass is 387 g/mol. The molecule has 0 radical (unpaired) electrons. The highest BCUT2D eigenvalue weighted by Crippen LogP contribution is 2.38. The van der Waals surface area contributed by atoms with Gasteiger partial charge in [0.25, 0.3) is 0 Å². The van der Waals surface area contributed by atoms with Crippen LogP contribution in [0.25, 0.3) is 32.7 Å². The summed E-state index contributed by atoms with van der Waals surface area (Å²) in [5.74, 6) is 0.214. The maximum atomic E-state index is 12.2. The summed E-state index contributed by atoms with van der Waals surface area (Å²) >= 11 is 1.38. The van der Waals surface area contributed by atoms with Gasteiger partial charge in [-0.25, -0.2) is 23.6 Å². The van der Waals surface area contributed by atoms with E-state index in [4.69, 9.17) is 10.9 Å². The summed E-state index contributed by atoms with van der Waals surface area (Å²) < 4.78 is 25.4. The minimum absolute atomic E-state index is 0.0218. The Morgan fingerprint density at radius 1 is 1.19 bits per heavy atom. The predicted octanol–water partition coefficient (Wildman–Crippen LogP) is 1.68. The van der Waals surface area contributed by atoms with E-state index in [0.29, 0.717) is 21.8 Å². The Hall–Kier alpha value is -2.89. The van der Waals surface area contributed by atoms with Crippen LogP contribution in [0.1, 0.15) is 5.56 Å². The van der Waals surface area contributed by atoms with Gasteiger partial charge in [-0.15, -0.1) is 5.10 Å². The first-order chi connectivity index (χ1) is 12.3. The van der Waals surface area contributed by atoms with E-state index in [1.165, 1.54) is 11.3 Å². The molecule has 2 heterocycles. The lowest BCUT2D eigenvalue weighted by molar-refractivity contribution is 0.597. The quantitative estimate of drug-likeness (QED) is 0.483. The van der Waals surface area contributed by atoms with Crippen LogP contribution in [-0.4, -0.2) is 34.0 Å². The molecule has 11 heteroatoms. The molecule has 5 N–H and O–H groups in total. The summed E-state index contributed by atoms with van der Waals surface area (Å²) in [7, 11) is -4.01. The van der Waals surface area contributed by atoms with Gasteiger partial charge < -0.3 is 5.73 Å². The molecule has 132 valence electrons. The van der Waals surface area contributed by atoms with Crippen molar-refractivity contribution in [1.82, 2.24) is 25.6 Å². The highest BCUT2D eigenvalue weighted by molar-refractivity contribution is 7.89. The minimum atomic E-state index is -4.01. The topological polar surface area (TPSA) is 154 Å². The molecule has 0 unspecified atom stereocenters. The number of benzene rings is 2. The van der Waals surface area contributed by atoms with E-state index in [1.807, 2.05) is 18.2 Å². The number of fused-ring (bicyclic) bond motifs is 1. The van der Waals surface area contributed by atoms with E-state index >= 15 is 0 Å². The number of rotatable bonds is 3. The molecule has 2 aromatic carbocycles. The predicted molar refractivity (Wildman–Crippen MR) is 98.8 cm³/mol. The number of nitrogens with zero attached hydrogens (tertiary/aromatic N) is 4. The number of nitrogens with two attached hydrogens (primary N) is 2. The molecular formula is C15H13N7O2S2. The lowest BCUT2D eigenvalue weighted by Gasteiger charge is -2.14. The molecule has 26 heavy (non-hydrogen) atoms. The Morgan fingerprint density at radius 2 is 2.00 bits per heavy atom. The first-order valence-electron chi connectivity index (χ1n) is 7.41. The first-order valence-corrected chi connectivity index (χ1v) is 9.78. The van der Waals surface area contributed by atoms with Crippen LogP contribution in [0.4, 0.5) is 5.13 Å². The lowest BCUT2D eigenvalue weighted by Crippen LogP contribution is -2.16. The van der Waals surface area contributed by atoms with Crippen molar-refractivity contribution in [3.8, 4) is 22.5 Å². The molecule has 0 saturated carbocycles. The van der Waals surface area contributed by atoms with Crippen LogP contribution >= 0.6 is 11.3 Å². The SMILES string of the molecule is Cc1ccc(-c2ccc3sc(N)nc3c2)c(-c2nnn[nH]2)c1S(N)(=O)=O. The Labute approximate surface area is 152 Å². The summed E-state index contributed by atoms with van der Waals surface area (Å²) in [6.07, 6.45) is 0. The molecule has 9 nitrogen and oxygen atoms in total. The molecule has 0 spiro atoms. The molecule has 4 aromatic rings. The second-order valence-corrected chi connectivity index (χ2v) is 8.22. The van der Waals surface area contributed by atoms with Crippen LogP contribution in [0.2, 0.25) is 0 Å². The maximum Gasteiger partial charge on any atom is 0.239 e. The number of nitrogen functional groups attached to an aromatic ring is 1. The van der Waals surface area contributed by atoms with Gasteiger partial charge in [0.15, 0.2) is 11.0 Å². The van der Waals surface area contributed by atoms with Crippen molar-refractivity contribution in [3.05, 3.63) is 35.9 Å². The Morgan fingerprint density at radius 3 is 2.69 bits per heavy atom. The number of aromatic amines is 1. The summed E-state index contributed by atoms with van der Waals surface area (Å²) in [5.41, 5.74) is 8.68. The molecular weight excluding hydrogens is 374 g/mol. The number of sulfonamides is 1. The lowest BCUT2D eigenvalue weighted by atomic mass is 9.97. The van der Waals surface area contributed by atoms with Gasteiger partial charge in [-0.05, 0) is 46.2 Å². The minimum Gasteiger partial charge on any atom is -0.375 e. The number of primary sulfonamides is 1. The highest BCUT2D eigenvalue weighted by atomic mass is 32.2. The van der Waals surface area contributed by atoms with Crippen LogP contribution in [0.3, 0.4) is 0 Å². The molecule has 2 aromatic heterocycles. The third kappa shape index (κ3) is 2.71. The van der Waals surface area contributed by atoms with Gasteiger partial charge in [0.1, 0.15) is 0 Å². The maximum absolute atomic E-state index is 12.2. The van der Waals surface area contributed by atoms with Gasteiger partial charge in [-0.2, -0.15) is 0 Å². The third-order valence-corrected chi connectivity index (χ3v) is 5.90. The molecule has 0 saturated heterocycles. The van der Waals surface area contributed by atoms with E-state index in [9.17, 15) is 8.42 Å². The number of aryl methyl sites for hydroxylation is 1. The van der Waals surface area contributed by atoms with E-state index in [1.54, 1.807) is 19.1 Å². The molecule has 0 aliphatic heterocycles. The van der Waals surface area contributed by atoms with Crippen molar-refractivity contribution in [2.45, 2.75) is 11.8 Å². The molecule has 0 bridgehead atoms. The fourth-order valence-electron chi connectivity index (χ4n) is 2.91. The summed E-state index contributed by atoms with van der Waals surface area (Å²) in [6, 6.07) is 9.09. The fraction of sp³-hybridized carbons (Fsp3) is 0.0667. The standard InChI is InChI=1S/C15H13N7O2S2/c1-7-2-4-9(8-3-5-11-10(6-8)18-15(16)25-11)12(13(7)26(17,23)24)14-19-21-22-20-14/h2-6H,1H3,(H2,16,18)(H2,17,23,24)(H,19,20,21,22). The second kappa shape index (κ2) is 5.83. The Bertz CT molecular complexity index is 1230. The number of aromatic nitrogens is 5. The van der Waals surface area contributed by atoms with Gasteiger partial charge in [-0.1, -0.05) is 29.5 Å². The Balaban J connectivity index is 2.07. The zero-order valence-electron chi connectivity index (χ0n) is 13.5. The molecule has 0 aliphatic carbocycles.